The first-order valence-corrected chi connectivity index (χ1v) is 7.60. The quantitative estimate of drug-likeness (QED) is 0.726. The van der Waals surface area contributed by atoms with Crippen LogP contribution in [0.25, 0.3) is 0 Å². The Morgan fingerprint density at radius 3 is 2.06 bits per heavy atom. The zero-order valence-corrected chi connectivity index (χ0v) is 12.4. The minimum absolute atomic E-state index is 0.118. The second-order valence-corrected chi connectivity index (χ2v) is 7.31. The number of rotatable bonds is 4. The van der Waals surface area contributed by atoms with Crippen LogP contribution in [0.2, 0.25) is 0 Å². The highest BCUT2D eigenvalue weighted by atomic mass is 32.2. The minimum atomic E-state index is -3.34. The van der Waals surface area contributed by atoms with Crippen molar-refractivity contribution in [3.05, 3.63) is 0 Å². The molecule has 0 unspecified atom stereocenters. The van der Waals surface area contributed by atoms with E-state index in [0.717, 1.165) is 0 Å². The smallest absolute Gasteiger partial charge is 0.281 e. The molecule has 6 nitrogen and oxygen atoms in total. The maximum atomic E-state index is 11.9. The Hall–Kier alpha value is -0.660. The maximum Gasteiger partial charge on any atom is 0.281 e. The number of carbonyl (C=O) groups excluding carboxylic acids is 1. The fourth-order valence-corrected chi connectivity index (χ4v) is 2.96. The second-order valence-electron chi connectivity index (χ2n) is 5.17. The summed E-state index contributed by atoms with van der Waals surface area (Å²) in [6.45, 7) is 5.74. The first kappa shape index (κ1) is 15.4. The Balaban J connectivity index is 2.54. The van der Waals surface area contributed by atoms with Crippen LogP contribution in [0, 0.1) is 5.92 Å². The van der Waals surface area contributed by atoms with Gasteiger partial charge >= 0.3 is 0 Å². The zero-order valence-electron chi connectivity index (χ0n) is 11.6. The lowest BCUT2D eigenvalue weighted by atomic mass is 10.1. The lowest BCUT2D eigenvalue weighted by Gasteiger charge is -2.35. The molecule has 1 rings (SSSR count). The number of carbonyl (C=O) groups is 1. The van der Waals surface area contributed by atoms with Gasteiger partial charge in [0.05, 0.1) is 0 Å². The van der Waals surface area contributed by atoms with E-state index in [0.29, 0.717) is 38.5 Å². The van der Waals surface area contributed by atoms with Crippen molar-refractivity contribution in [3.63, 3.8) is 0 Å². The van der Waals surface area contributed by atoms with Crippen LogP contribution >= 0.6 is 0 Å². The average molecular weight is 277 g/mol. The molecule has 18 heavy (non-hydrogen) atoms. The molecule has 106 valence electrons. The number of hydrogen-bond acceptors (Lipinski definition) is 3. The van der Waals surface area contributed by atoms with Gasteiger partial charge in [-0.05, 0) is 5.92 Å². The van der Waals surface area contributed by atoms with Gasteiger partial charge in [0.15, 0.2) is 0 Å². The Bertz CT molecular complexity index is 384. The SMILES string of the molecule is CC(C)CC(=O)N1CCN(S(=O)(=O)N(C)C)CC1. The van der Waals surface area contributed by atoms with Crippen LogP contribution in [0.4, 0.5) is 0 Å². The molecule has 0 spiro atoms. The molecular formula is C11H23N3O3S. The topological polar surface area (TPSA) is 60.9 Å². The lowest BCUT2D eigenvalue weighted by molar-refractivity contribution is -0.133. The van der Waals surface area contributed by atoms with Crippen LogP contribution in [0.5, 0.6) is 0 Å². The van der Waals surface area contributed by atoms with E-state index in [-0.39, 0.29) is 5.91 Å². The van der Waals surface area contributed by atoms with E-state index in [9.17, 15) is 13.2 Å². The molecule has 0 aromatic rings. The Morgan fingerprint density at radius 1 is 1.17 bits per heavy atom. The van der Waals surface area contributed by atoms with E-state index in [1.807, 2.05) is 13.8 Å². The summed E-state index contributed by atoms with van der Waals surface area (Å²) in [7, 11) is -0.304. The van der Waals surface area contributed by atoms with Crippen molar-refractivity contribution in [3.8, 4) is 0 Å². The summed E-state index contributed by atoms with van der Waals surface area (Å²) in [4.78, 5) is 13.6. The van der Waals surface area contributed by atoms with Crippen molar-refractivity contribution in [2.24, 2.45) is 5.92 Å². The van der Waals surface area contributed by atoms with Gasteiger partial charge in [0.25, 0.3) is 10.2 Å². The van der Waals surface area contributed by atoms with Crippen LogP contribution < -0.4 is 0 Å². The molecule has 1 amide bonds. The van der Waals surface area contributed by atoms with E-state index in [2.05, 4.69) is 0 Å². The van der Waals surface area contributed by atoms with Gasteiger partial charge in [-0.2, -0.15) is 17.0 Å². The standard InChI is InChI=1S/C11H23N3O3S/c1-10(2)9-11(15)13-5-7-14(8-6-13)18(16,17)12(3)4/h10H,5-9H2,1-4H3. The van der Waals surface area contributed by atoms with Crippen molar-refractivity contribution in [1.29, 1.82) is 0 Å². The molecule has 0 bridgehead atoms. The van der Waals surface area contributed by atoms with Crippen LogP contribution in [0.3, 0.4) is 0 Å². The van der Waals surface area contributed by atoms with Crippen LogP contribution in [-0.2, 0) is 15.0 Å². The van der Waals surface area contributed by atoms with Gasteiger partial charge in [-0.25, -0.2) is 0 Å². The Kier molecular flexibility index (Phi) is 5.12. The first-order valence-electron chi connectivity index (χ1n) is 6.20. The fourth-order valence-electron chi connectivity index (χ4n) is 1.88. The van der Waals surface area contributed by atoms with Crippen molar-refractivity contribution < 1.29 is 13.2 Å². The van der Waals surface area contributed by atoms with Crippen LogP contribution in [-0.4, -0.2) is 68.1 Å². The van der Waals surface area contributed by atoms with Gasteiger partial charge in [-0.3, -0.25) is 4.79 Å². The number of hydrogen-bond donors (Lipinski definition) is 0. The molecule has 1 aliphatic rings. The lowest BCUT2D eigenvalue weighted by Crippen LogP contribution is -2.53. The minimum Gasteiger partial charge on any atom is -0.340 e. The summed E-state index contributed by atoms with van der Waals surface area (Å²) in [5, 5.41) is 0. The van der Waals surface area contributed by atoms with Crippen molar-refractivity contribution >= 4 is 16.1 Å². The molecule has 1 saturated heterocycles. The predicted molar refractivity (Wildman–Crippen MR) is 70.2 cm³/mol. The molecule has 0 aromatic carbocycles. The molecule has 1 fully saturated rings. The summed E-state index contributed by atoms with van der Waals surface area (Å²) in [6.07, 6.45) is 0.528. The van der Waals surface area contributed by atoms with E-state index in [1.54, 1.807) is 4.90 Å². The van der Waals surface area contributed by atoms with Crippen LogP contribution in [0.1, 0.15) is 20.3 Å². The maximum absolute atomic E-state index is 11.9. The summed E-state index contributed by atoms with van der Waals surface area (Å²) >= 11 is 0. The van der Waals surface area contributed by atoms with E-state index < -0.39 is 10.2 Å². The summed E-state index contributed by atoms with van der Waals surface area (Å²) in [5.74, 6) is 0.452. The highest BCUT2D eigenvalue weighted by Crippen LogP contribution is 2.12. The van der Waals surface area contributed by atoms with Gasteiger partial charge in [0.2, 0.25) is 5.91 Å². The summed E-state index contributed by atoms with van der Waals surface area (Å²) < 4.78 is 26.4. The molecule has 1 heterocycles. The summed E-state index contributed by atoms with van der Waals surface area (Å²) in [5.41, 5.74) is 0. The van der Waals surface area contributed by atoms with Gasteiger partial charge in [0.1, 0.15) is 0 Å². The van der Waals surface area contributed by atoms with Gasteiger partial charge in [-0.15, -0.1) is 0 Å². The third kappa shape index (κ3) is 3.66. The molecule has 0 aliphatic carbocycles. The Labute approximate surface area is 110 Å². The molecule has 0 atom stereocenters. The largest absolute Gasteiger partial charge is 0.340 e. The Morgan fingerprint density at radius 2 is 1.67 bits per heavy atom. The molecule has 0 saturated carbocycles. The zero-order chi connectivity index (χ0) is 13.9. The highest BCUT2D eigenvalue weighted by molar-refractivity contribution is 7.86. The van der Waals surface area contributed by atoms with E-state index in [4.69, 9.17) is 0 Å². The third-order valence-corrected chi connectivity index (χ3v) is 4.90. The van der Waals surface area contributed by atoms with Crippen molar-refractivity contribution in [2.75, 3.05) is 40.3 Å². The second kappa shape index (κ2) is 5.99. The van der Waals surface area contributed by atoms with Gasteiger partial charge < -0.3 is 4.90 Å². The molecule has 1 aliphatic heterocycles. The molecule has 0 N–H and O–H groups in total. The number of piperazine rings is 1. The monoisotopic (exact) mass is 277 g/mol. The molecule has 0 radical (unpaired) electrons. The third-order valence-electron chi connectivity index (χ3n) is 2.96. The molecular weight excluding hydrogens is 254 g/mol. The highest BCUT2D eigenvalue weighted by Gasteiger charge is 2.30. The predicted octanol–water partition coefficient (Wildman–Crippen LogP) is -0.0169. The summed E-state index contributed by atoms with van der Waals surface area (Å²) in [6, 6.07) is 0. The van der Waals surface area contributed by atoms with E-state index in [1.165, 1.54) is 22.7 Å². The van der Waals surface area contributed by atoms with Crippen molar-refractivity contribution in [2.45, 2.75) is 20.3 Å². The van der Waals surface area contributed by atoms with E-state index >= 15 is 0 Å². The number of amides is 1. The average Bonchev–Trinajstić information content (AvgIpc) is 2.28. The molecule has 7 heteroatoms. The van der Waals surface area contributed by atoms with Gasteiger partial charge in [0, 0.05) is 46.7 Å². The first-order chi connectivity index (χ1) is 8.25. The van der Waals surface area contributed by atoms with Gasteiger partial charge in [-0.1, -0.05) is 13.8 Å². The van der Waals surface area contributed by atoms with Crippen molar-refractivity contribution in [1.82, 2.24) is 13.5 Å². The molecule has 0 aromatic heterocycles. The normalized spacial score (nSPS) is 18.7. The number of nitrogens with zero attached hydrogens (tertiary/aromatic N) is 3. The fraction of sp³-hybridized carbons (Fsp3) is 0.909. The van der Waals surface area contributed by atoms with Crippen LogP contribution in [0.15, 0.2) is 0 Å².